The van der Waals surface area contributed by atoms with Gasteiger partial charge >= 0.3 is 0 Å². The van der Waals surface area contributed by atoms with Gasteiger partial charge in [-0.25, -0.2) is 0 Å². The molecule has 1 aromatic rings. The minimum Gasteiger partial charge on any atom is -0.378 e. The summed E-state index contributed by atoms with van der Waals surface area (Å²) in [4.78, 5) is 4.72. The Morgan fingerprint density at radius 3 is 2.86 bits per heavy atom. The zero-order valence-corrected chi connectivity index (χ0v) is 13.3. The van der Waals surface area contributed by atoms with Crippen LogP contribution in [0.2, 0.25) is 0 Å². The second-order valence-electron chi connectivity index (χ2n) is 6.27. The van der Waals surface area contributed by atoms with Gasteiger partial charge in [-0.1, -0.05) is 6.07 Å². The monoisotopic (exact) mass is 289 g/mol. The van der Waals surface area contributed by atoms with Crippen molar-refractivity contribution in [1.29, 1.82) is 0 Å². The minimum absolute atomic E-state index is 0.278. The van der Waals surface area contributed by atoms with Crippen LogP contribution in [0.5, 0.6) is 0 Å². The molecule has 21 heavy (non-hydrogen) atoms. The molecule has 2 heterocycles. The van der Waals surface area contributed by atoms with Crippen LogP contribution in [0.1, 0.15) is 23.7 Å². The fraction of sp³-hybridized carbons (Fsp3) is 0.647. The van der Waals surface area contributed by atoms with Crippen LogP contribution in [-0.2, 0) is 11.2 Å². The van der Waals surface area contributed by atoms with E-state index >= 15 is 0 Å². The third-order valence-electron chi connectivity index (χ3n) is 4.60. The molecule has 0 amide bonds. The third-order valence-corrected chi connectivity index (χ3v) is 4.60. The van der Waals surface area contributed by atoms with E-state index in [1.807, 2.05) is 0 Å². The van der Waals surface area contributed by atoms with Crippen LogP contribution in [0.4, 0.5) is 5.69 Å². The van der Waals surface area contributed by atoms with E-state index in [9.17, 15) is 0 Å². The maximum Gasteiger partial charge on any atom is 0.0840 e. The Kier molecular flexibility index (Phi) is 4.78. The minimum atomic E-state index is 0.278. The number of benzene rings is 1. The van der Waals surface area contributed by atoms with E-state index in [-0.39, 0.29) is 6.10 Å². The molecule has 1 atom stereocenters. The van der Waals surface area contributed by atoms with Gasteiger partial charge in [0.25, 0.3) is 0 Å². The van der Waals surface area contributed by atoms with Crippen LogP contribution in [0.15, 0.2) is 18.2 Å². The molecule has 2 aliphatic rings. The smallest absolute Gasteiger partial charge is 0.0840 e. The van der Waals surface area contributed by atoms with E-state index in [2.05, 4.69) is 47.4 Å². The summed E-state index contributed by atoms with van der Waals surface area (Å²) in [6.07, 6.45) is 2.43. The third kappa shape index (κ3) is 3.57. The van der Waals surface area contributed by atoms with Gasteiger partial charge in [-0.2, -0.15) is 0 Å². The van der Waals surface area contributed by atoms with Gasteiger partial charge < -0.3 is 19.9 Å². The molecule has 0 bridgehead atoms. The van der Waals surface area contributed by atoms with Gasteiger partial charge in [0.1, 0.15) is 0 Å². The first kappa shape index (κ1) is 14.8. The Balaban J connectivity index is 1.65. The molecule has 1 N–H and O–H groups in total. The molecule has 0 aliphatic carbocycles. The Labute approximate surface area is 128 Å². The molecule has 0 radical (unpaired) electrons. The fourth-order valence-corrected chi connectivity index (χ4v) is 3.28. The summed E-state index contributed by atoms with van der Waals surface area (Å²) in [7, 11) is 4.20. The lowest BCUT2D eigenvalue weighted by Gasteiger charge is -2.31. The molecule has 3 rings (SSSR count). The van der Waals surface area contributed by atoms with Crippen molar-refractivity contribution in [3.05, 3.63) is 29.3 Å². The summed E-state index contributed by atoms with van der Waals surface area (Å²) in [5, 5.41) is 3.41. The molecular formula is C17H27N3O. The highest BCUT2D eigenvalue weighted by Crippen LogP contribution is 2.32. The van der Waals surface area contributed by atoms with Gasteiger partial charge in [0, 0.05) is 52.5 Å². The topological polar surface area (TPSA) is 27.7 Å². The Morgan fingerprint density at radius 2 is 2.10 bits per heavy atom. The van der Waals surface area contributed by atoms with Crippen molar-refractivity contribution in [2.75, 3.05) is 58.3 Å². The number of rotatable bonds is 4. The maximum absolute atomic E-state index is 6.04. The maximum atomic E-state index is 6.04. The number of fused-ring (bicyclic) bond motifs is 1. The quantitative estimate of drug-likeness (QED) is 0.912. The van der Waals surface area contributed by atoms with Gasteiger partial charge in [-0.05, 0) is 36.1 Å². The molecule has 1 saturated heterocycles. The van der Waals surface area contributed by atoms with E-state index in [0.29, 0.717) is 0 Å². The summed E-state index contributed by atoms with van der Waals surface area (Å²) in [5.74, 6) is 0. The molecule has 1 unspecified atom stereocenters. The van der Waals surface area contributed by atoms with Gasteiger partial charge in [0.2, 0.25) is 0 Å². The molecule has 1 aromatic carbocycles. The summed E-state index contributed by atoms with van der Waals surface area (Å²) in [6.45, 7) is 6.57. The molecular weight excluding hydrogens is 262 g/mol. The zero-order chi connectivity index (χ0) is 14.7. The van der Waals surface area contributed by atoms with Gasteiger partial charge in [-0.3, -0.25) is 0 Å². The molecule has 1 fully saturated rings. The summed E-state index contributed by atoms with van der Waals surface area (Å²) in [5.41, 5.74) is 4.16. The lowest BCUT2D eigenvalue weighted by Crippen LogP contribution is -2.44. The van der Waals surface area contributed by atoms with Gasteiger partial charge in [0.15, 0.2) is 0 Å². The first-order valence-corrected chi connectivity index (χ1v) is 8.09. The van der Waals surface area contributed by atoms with E-state index < -0.39 is 0 Å². The molecule has 0 saturated carbocycles. The summed E-state index contributed by atoms with van der Waals surface area (Å²) < 4.78 is 6.04. The van der Waals surface area contributed by atoms with E-state index in [1.165, 1.54) is 29.9 Å². The number of anilines is 1. The molecule has 4 heteroatoms. The van der Waals surface area contributed by atoms with Crippen LogP contribution in [-0.4, -0.2) is 58.3 Å². The molecule has 2 aliphatic heterocycles. The SMILES string of the molecule is CN(C)c1ccc2c(c1)CCOC2CCN1CCNCC1. The van der Waals surface area contributed by atoms with Gasteiger partial charge in [-0.15, -0.1) is 0 Å². The highest BCUT2D eigenvalue weighted by Gasteiger charge is 2.22. The van der Waals surface area contributed by atoms with E-state index in [0.717, 1.165) is 39.1 Å². The van der Waals surface area contributed by atoms with Crippen LogP contribution in [0.25, 0.3) is 0 Å². The van der Waals surface area contributed by atoms with Crippen LogP contribution in [0.3, 0.4) is 0 Å². The Hall–Kier alpha value is -1.10. The molecule has 0 aromatic heterocycles. The lowest BCUT2D eigenvalue weighted by atomic mass is 9.95. The van der Waals surface area contributed by atoms with Crippen molar-refractivity contribution in [2.24, 2.45) is 0 Å². The normalized spacial score (nSPS) is 22.9. The van der Waals surface area contributed by atoms with Crippen molar-refractivity contribution >= 4 is 5.69 Å². The second kappa shape index (κ2) is 6.77. The molecule has 0 spiro atoms. The number of nitrogens with one attached hydrogen (secondary N) is 1. The first-order valence-electron chi connectivity index (χ1n) is 8.09. The summed E-state index contributed by atoms with van der Waals surface area (Å²) >= 11 is 0. The first-order chi connectivity index (χ1) is 10.2. The number of ether oxygens (including phenoxy) is 1. The van der Waals surface area contributed by atoms with Crippen molar-refractivity contribution in [2.45, 2.75) is 18.9 Å². The highest BCUT2D eigenvalue weighted by atomic mass is 16.5. The second-order valence-corrected chi connectivity index (χ2v) is 6.27. The molecule has 116 valence electrons. The van der Waals surface area contributed by atoms with Crippen molar-refractivity contribution < 1.29 is 4.74 Å². The fourth-order valence-electron chi connectivity index (χ4n) is 3.28. The van der Waals surface area contributed by atoms with E-state index in [1.54, 1.807) is 0 Å². The standard InChI is InChI=1S/C17H27N3O/c1-19(2)15-3-4-16-14(13-15)6-12-21-17(16)5-9-20-10-7-18-8-11-20/h3-4,13,17-18H,5-12H2,1-2H3. The summed E-state index contributed by atoms with van der Waals surface area (Å²) in [6, 6.07) is 6.81. The van der Waals surface area contributed by atoms with E-state index in [4.69, 9.17) is 4.74 Å². The number of hydrogen-bond donors (Lipinski definition) is 1. The Bertz CT molecular complexity index is 469. The van der Waals surface area contributed by atoms with Crippen LogP contribution < -0.4 is 10.2 Å². The molecule has 4 nitrogen and oxygen atoms in total. The van der Waals surface area contributed by atoms with Crippen molar-refractivity contribution in [3.8, 4) is 0 Å². The number of piperazine rings is 1. The zero-order valence-electron chi connectivity index (χ0n) is 13.3. The van der Waals surface area contributed by atoms with Crippen molar-refractivity contribution in [1.82, 2.24) is 10.2 Å². The predicted molar refractivity (Wildman–Crippen MR) is 87.1 cm³/mol. The highest BCUT2D eigenvalue weighted by molar-refractivity contribution is 5.51. The lowest BCUT2D eigenvalue weighted by molar-refractivity contribution is 0.0285. The van der Waals surface area contributed by atoms with Crippen molar-refractivity contribution in [3.63, 3.8) is 0 Å². The number of hydrogen-bond acceptors (Lipinski definition) is 4. The Morgan fingerprint density at radius 1 is 1.29 bits per heavy atom. The predicted octanol–water partition coefficient (Wildman–Crippen LogP) is 1.66. The average molecular weight is 289 g/mol. The van der Waals surface area contributed by atoms with Crippen LogP contribution in [0, 0.1) is 0 Å². The average Bonchev–Trinajstić information content (AvgIpc) is 2.53. The largest absolute Gasteiger partial charge is 0.378 e. The number of nitrogens with zero attached hydrogens (tertiary/aromatic N) is 2. The van der Waals surface area contributed by atoms with Gasteiger partial charge in [0.05, 0.1) is 12.7 Å². The van der Waals surface area contributed by atoms with Crippen LogP contribution >= 0.6 is 0 Å².